The lowest BCUT2D eigenvalue weighted by Crippen LogP contribution is -2.37. The Labute approximate surface area is 85.4 Å². The largest absolute Gasteiger partial charge is 0.618 e. The molecular weight excluding hydrogens is 176 g/mol. The van der Waals surface area contributed by atoms with E-state index >= 15 is 0 Å². The molecule has 0 aliphatic carbocycles. The monoisotopic (exact) mass is 194 g/mol. The SMILES string of the molecule is Cc1ncc(C)[n+]([O-])c1CCC(C)C. The fourth-order valence-corrected chi connectivity index (χ4v) is 1.38. The summed E-state index contributed by atoms with van der Waals surface area (Å²) in [5.41, 5.74) is 2.35. The standard InChI is InChI=1S/C11H18N2O/c1-8(2)5-6-11-10(4)12-7-9(3)13(11)14/h7-8H,5-6H2,1-4H3. The van der Waals surface area contributed by atoms with Crippen molar-refractivity contribution in [3.8, 4) is 0 Å². The van der Waals surface area contributed by atoms with Gasteiger partial charge in [0.2, 0.25) is 11.4 Å². The van der Waals surface area contributed by atoms with Gasteiger partial charge in [-0.25, -0.2) is 4.98 Å². The van der Waals surface area contributed by atoms with Crippen molar-refractivity contribution in [2.24, 2.45) is 5.92 Å². The maximum absolute atomic E-state index is 11.7. The average Bonchev–Trinajstić information content (AvgIpc) is 2.11. The minimum Gasteiger partial charge on any atom is -0.618 e. The summed E-state index contributed by atoms with van der Waals surface area (Å²) < 4.78 is 1.00. The van der Waals surface area contributed by atoms with Crippen molar-refractivity contribution >= 4 is 0 Å². The van der Waals surface area contributed by atoms with Gasteiger partial charge in [-0.1, -0.05) is 13.8 Å². The topological polar surface area (TPSA) is 39.8 Å². The van der Waals surface area contributed by atoms with Gasteiger partial charge in [-0.05, 0) is 19.3 Å². The van der Waals surface area contributed by atoms with E-state index in [0.29, 0.717) is 11.6 Å². The molecule has 3 nitrogen and oxygen atoms in total. The third-order valence-corrected chi connectivity index (χ3v) is 2.39. The third kappa shape index (κ3) is 2.44. The molecule has 1 aromatic rings. The molecule has 1 heterocycles. The van der Waals surface area contributed by atoms with Gasteiger partial charge in [-0.2, -0.15) is 4.73 Å². The van der Waals surface area contributed by atoms with Crippen LogP contribution in [0.3, 0.4) is 0 Å². The van der Waals surface area contributed by atoms with Crippen molar-refractivity contribution in [1.82, 2.24) is 4.98 Å². The Morgan fingerprint density at radius 3 is 2.64 bits per heavy atom. The summed E-state index contributed by atoms with van der Waals surface area (Å²) in [6, 6.07) is 0. The smallest absolute Gasteiger partial charge is 0.214 e. The van der Waals surface area contributed by atoms with Crippen LogP contribution in [0.4, 0.5) is 0 Å². The average molecular weight is 194 g/mol. The van der Waals surface area contributed by atoms with Gasteiger partial charge in [-0.15, -0.1) is 0 Å². The molecule has 0 spiro atoms. The van der Waals surface area contributed by atoms with Crippen molar-refractivity contribution in [3.05, 3.63) is 28.5 Å². The first kappa shape index (κ1) is 11.0. The van der Waals surface area contributed by atoms with Gasteiger partial charge in [0.25, 0.3) is 0 Å². The van der Waals surface area contributed by atoms with Gasteiger partial charge < -0.3 is 5.21 Å². The first-order valence-corrected chi connectivity index (χ1v) is 5.07. The zero-order valence-electron chi connectivity index (χ0n) is 9.37. The number of aromatic nitrogens is 2. The summed E-state index contributed by atoms with van der Waals surface area (Å²) in [5, 5.41) is 11.7. The molecule has 0 bridgehead atoms. The molecule has 0 aliphatic heterocycles. The first-order valence-electron chi connectivity index (χ1n) is 5.07. The number of hydrogen-bond acceptors (Lipinski definition) is 2. The molecule has 1 aromatic heterocycles. The summed E-state index contributed by atoms with van der Waals surface area (Å²) in [4.78, 5) is 4.20. The highest BCUT2D eigenvalue weighted by molar-refractivity contribution is 5.05. The summed E-state index contributed by atoms with van der Waals surface area (Å²) in [7, 11) is 0. The van der Waals surface area contributed by atoms with Crippen LogP contribution in [0.5, 0.6) is 0 Å². The molecule has 0 fully saturated rings. The predicted molar refractivity (Wildman–Crippen MR) is 55.8 cm³/mol. The van der Waals surface area contributed by atoms with Crippen molar-refractivity contribution in [1.29, 1.82) is 0 Å². The summed E-state index contributed by atoms with van der Waals surface area (Å²) in [6.45, 7) is 8.00. The third-order valence-electron chi connectivity index (χ3n) is 2.39. The van der Waals surface area contributed by atoms with E-state index in [2.05, 4.69) is 18.8 Å². The Balaban J connectivity index is 2.89. The minimum atomic E-state index is 0.620. The maximum atomic E-state index is 11.7. The predicted octanol–water partition coefficient (Wildman–Crippen LogP) is 1.92. The van der Waals surface area contributed by atoms with Gasteiger partial charge >= 0.3 is 0 Å². The molecule has 3 heteroatoms. The molecule has 14 heavy (non-hydrogen) atoms. The number of nitrogens with zero attached hydrogens (tertiary/aromatic N) is 2. The molecule has 0 aromatic carbocycles. The van der Waals surface area contributed by atoms with E-state index in [1.54, 1.807) is 13.1 Å². The quantitative estimate of drug-likeness (QED) is 0.544. The van der Waals surface area contributed by atoms with Gasteiger partial charge in [0.15, 0.2) is 0 Å². The summed E-state index contributed by atoms with van der Waals surface area (Å²) in [5.74, 6) is 0.620. The van der Waals surface area contributed by atoms with Crippen LogP contribution in [-0.4, -0.2) is 4.98 Å². The molecule has 0 N–H and O–H groups in total. The molecule has 0 aliphatic rings. The number of hydrogen-bond donors (Lipinski definition) is 0. The van der Waals surface area contributed by atoms with Crippen LogP contribution in [0.25, 0.3) is 0 Å². The highest BCUT2D eigenvalue weighted by atomic mass is 16.5. The van der Waals surface area contributed by atoms with Crippen molar-refractivity contribution in [2.45, 2.75) is 40.5 Å². The fraction of sp³-hybridized carbons (Fsp3) is 0.636. The lowest BCUT2D eigenvalue weighted by atomic mass is 10.1. The van der Waals surface area contributed by atoms with Crippen molar-refractivity contribution < 1.29 is 4.73 Å². The first-order chi connectivity index (χ1) is 6.52. The minimum absolute atomic E-state index is 0.620. The van der Waals surface area contributed by atoms with E-state index in [1.807, 2.05) is 6.92 Å². The lowest BCUT2D eigenvalue weighted by molar-refractivity contribution is -0.621. The Bertz CT molecular complexity index is 321. The molecule has 0 saturated heterocycles. The van der Waals surface area contributed by atoms with Crippen LogP contribution < -0.4 is 4.73 Å². The normalized spacial score (nSPS) is 10.9. The van der Waals surface area contributed by atoms with Gasteiger partial charge in [0, 0.05) is 13.3 Å². The van der Waals surface area contributed by atoms with Crippen LogP contribution in [0.2, 0.25) is 0 Å². The molecular formula is C11H18N2O. The maximum Gasteiger partial charge on any atom is 0.214 e. The van der Waals surface area contributed by atoms with Crippen LogP contribution in [0.15, 0.2) is 6.20 Å². The summed E-state index contributed by atoms with van der Waals surface area (Å²) >= 11 is 0. The molecule has 0 atom stereocenters. The van der Waals surface area contributed by atoms with E-state index in [-0.39, 0.29) is 0 Å². The van der Waals surface area contributed by atoms with E-state index in [4.69, 9.17) is 0 Å². The Morgan fingerprint density at radius 2 is 2.07 bits per heavy atom. The Hall–Kier alpha value is -1.12. The van der Waals surface area contributed by atoms with Crippen LogP contribution in [0, 0.1) is 25.0 Å². The zero-order valence-corrected chi connectivity index (χ0v) is 9.37. The second-order valence-electron chi connectivity index (χ2n) is 4.16. The fourth-order valence-electron chi connectivity index (χ4n) is 1.38. The Morgan fingerprint density at radius 1 is 1.43 bits per heavy atom. The Kier molecular flexibility index (Phi) is 3.44. The van der Waals surface area contributed by atoms with E-state index in [0.717, 1.165) is 29.0 Å². The second kappa shape index (κ2) is 4.40. The van der Waals surface area contributed by atoms with Gasteiger partial charge in [-0.3, -0.25) is 0 Å². The second-order valence-corrected chi connectivity index (χ2v) is 4.16. The number of aryl methyl sites for hydroxylation is 2. The van der Waals surface area contributed by atoms with Crippen molar-refractivity contribution in [2.75, 3.05) is 0 Å². The van der Waals surface area contributed by atoms with Crippen molar-refractivity contribution in [3.63, 3.8) is 0 Å². The molecule has 78 valence electrons. The van der Waals surface area contributed by atoms with Crippen LogP contribution >= 0.6 is 0 Å². The van der Waals surface area contributed by atoms with Gasteiger partial charge in [0.05, 0.1) is 6.20 Å². The lowest BCUT2D eigenvalue weighted by Gasteiger charge is -2.09. The molecule has 0 unspecified atom stereocenters. The molecule has 0 saturated carbocycles. The highest BCUT2D eigenvalue weighted by Gasteiger charge is 2.13. The highest BCUT2D eigenvalue weighted by Crippen LogP contribution is 2.08. The van der Waals surface area contributed by atoms with Crippen LogP contribution in [0.1, 0.15) is 37.4 Å². The van der Waals surface area contributed by atoms with E-state index in [1.165, 1.54) is 0 Å². The van der Waals surface area contributed by atoms with E-state index in [9.17, 15) is 5.21 Å². The summed E-state index contributed by atoms with van der Waals surface area (Å²) in [6.07, 6.45) is 3.48. The van der Waals surface area contributed by atoms with E-state index < -0.39 is 0 Å². The molecule has 1 rings (SSSR count). The van der Waals surface area contributed by atoms with Crippen LogP contribution in [-0.2, 0) is 6.42 Å². The number of rotatable bonds is 3. The molecule has 0 radical (unpaired) electrons. The zero-order chi connectivity index (χ0) is 10.7. The van der Waals surface area contributed by atoms with Gasteiger partial charge in [0.1, 0.15) is 5.69 Å². The molecule has 0 amide bonds.